The van der Waals surface area contributed by atoms with E-state index >= 15 is 0 Å². The fourth-order valence-corrected chi connectivity index (χ4v) is 7.24. The molecule has 0 radical (unpaired) electrons. The third-order valence-corrected chi connectivity index (χ3v) is 9.88. The average molecular weight is 700 g/mol. The van der Waals surface area contributed by atoms with Crippen LogP contribution in [0.15, 0.2) is 59.4 Å². The van der Waals surface area contributed by atoms with E-state index in [0.717, 1.165) is 15.6 Å². The van der Waals surface area contributed by atoms with Gasteiger partial charge in [-0.15, -0.1) is 0 Å². The average Bonchev–Trinajstić information content (AvgIpc) is 2.96. The zero-order chi connectivity index (χ0) is 29.4. The van der Waals surface area contributed by atoms with E-state index in [4.69, 9.17) is 29.4 Å². The first-order valence-electron chi connectivity index (χ1n) is 13.7. The predicted molar refractivity (Wildman–Crippen MR) is 164 cm³/mol. The number of methoxy groups -OCH3 is 2. The number of aliphatic hydroxyl groups excluding tert-OH is 2. The van der Waals surface area contributed by atoms with Crippen molar-refractivity contribution in [3.05, 3.63) is 87.7 Å². The Bertz CT molecular complexity index is 1450. The molecule has 1 aliphatic carbocycles. The fourth-order valence-electron chi connectivity index (χ4n) is 5.70. The van der Waals surface area contributed by atoms with Gasteiger partial charge in [0, 0.05) is 43.7 Å². The third kappa shape index (κ3) is 5.40. The van der Waals surface area contributed by atoms with E-state index in [2.05, 4.69) is 59.9 Å². The monoisotopic (exact) mass is 698 g/mol. The largest absolute Gasteiger partial charge is 0.480 e. The van der Waals surface area contributed by atoms with E-state index in [1.165, 1.54) is 0 Å². The van der Waals surface area contributed by atoms with Crippen molar-refractivity contribution in [2.24, 2.45) is 0 Å². The van der Waals surface area contributed by atoms with Gasteiger partial charge in [-0.25, -0.2) is 9.97 Å². The quantitative estimate of drug-likeness (QED) is 0.323. The van der Waals surface area contributed by atoms with Gasteiger partial charge in [-0.3, -0.25) is 19.8 Å². The topological polar surface area (TPSA) is 117 Å². The van der Waals surface area contributed by atoms with Crippen LogP contribution in [0.4, 0.5) is 0 Å². The van der Waals surface area contributed by atoms with Crippen molar-refractivity contribution < 1.29 is 19.7 Å². The highest BCUT2D eigenvalue weighted by molar-refractivity contribution is 9.10. The van der Waals surface area contributed by atoms with Crippen LogP contribution in [0, 0.1) is 0 Å². The van der Waals surface area contributed by atoms with Gasteiger partial charge in [-0.05, 0) is 17.2 Å². The lowest BCUT2D eigenvalue weighted by atomic mass is 9.72. The summed E-state index contributed by atoms with van der Waals surface area (Å²) in [5.41, 5.74) is 3.82. The van der Waals surface area contributed by atoms with Crippen LogP contribution in [0.5, 0.6) is 11.8 Å². The Morgan fingerprint density at radius 2 is 1.40 bits per heavy atom. The first kappa shape index (κ1) is 29.3. The molecule has 1 unspecified atom stereocenters. The SMILES string of the molecule is COc1nc(C2(c3cnc(CN4CC(O)C4)c(OC)n3)C=CC=C(c3ccccc3Br)C2Br)cnc1CN1CC(O)C1. The molecule has 3 aliphatic rings. The molecule has 2 fully saturated rings. The molecule has 42 heavy (non-hydrogen) atoms. The van der Waals surface area contributed by atoms with Gasteiger partial charge >= 0.3 is 0 Å². The van der Waals surface area contributed by atoms with Crippen molar-refractivity contribution in [3.8, 4) is 11.8 Å². The van der Waals surface area contributed by atoms with Crippen molar-refractivity contribution in [2.75, 3.05) is 40.4 Å². The zero-order valence-corrected chi connectivity index (χ0v) is 26.5. The van der Waals surface area contributed by atoms with Crippen LogP contribution in [0.25, 0.3) is 5.57 Å². The molecule has 4 heterocycles. The summed E-state index contributed by atoms with van der Waals surface area (Å²) in [6.45, 7) is 3.46. The maximum absolute atomic E-state index is 9.74. The van der Waals surface area contributed by atoms with Crippen LogP contribution in [-0.4, -0.2) is 97.4 Å². The number of hydrogen-bond donors (Lipinski definition) is 2. The lowest BCUT2D eigenvalue weighted by molar-refractivity contribution is -0.00422. The molecular formula is C30H32Br2N6O4. The summed E-state index contributed by atoms with van der Waals surface area (Å²) in [6.07, 6.45) is 9.10. The Kier molecular flexibility index (Phi) is 8.45. The highest BCUT2D eigenvalue weighted by atomic mass is 79.9. The fraction of sp³-hybridized carbons (Fsp3) is 0.400. The molecule has 2 saturated heterocycles. The van der Waals surface area contributed by atoms with Gasteiger partial charge in [-0.2, -0.15) is 0 Å². The summed E-state index contributed by atoms with van der Waals surface area (Å²) in [6, 6.07) is 8.09. The van der Waals surface area contributed by atoms with E-state index in [1.807, 2.05) is 24.3 Å². The Morgan fingerprint density at radius 1 is 0.881 bits per heavy atom. The summed E-state index contributed by atoms with van der Waals surface area (Å²) < 4.78 is 12.5. The molecule has 220 valence electrons. The van der Waals surface area contributed by atoms with Gasteiger partial charge in [0.05, 0.1) is 60.5 Å². The molecule has 10 nitrogen and oxygen atoms in total. The molecule has 3 aromatic rings. The minimum absolute atomic E-state index is 0.306. The summed E-state index contributed by atoms with van der Waals surface area (Å²) in [7, 11) is 3.18. The van der Waals surface area contributed by atoms with Gasteiger partial charge in [0.25, 0.3) is 0 Å². The number of halogens is 2. The molecular weight excluding hydrogens is 668 g/mol. The number of aromatic nitrogens is 4. The molecule has 2 aromatic heterocycles. The van der Waals surface area contributed by atoms with Gasteiger partial charge < -0.3 is 19.7 Å². The molecule has 2 N–H and O–H groups in total. The second kappa shape index (κ2) is 12.1. The minimum Gasteiger partial charge on any atom is -0.480 e. The maximum Gasteiger partial charge on any atom is 0.237 e. The van der Waals surface area contributed by atoms with E-state index < -0.39 is 5.41 Å². The smallest absolute Gasteiger partial charge is 0.237 e. The van der Waals surface area contributed by atoms with E-state index in [-0.39, 0.29) is 17.0 Å². The first-order chi connectivity index (χ1) is 20.3. The molecule has 1 atom stereocenters. The number of rotatable bonds is 9. The van der Waals surface area contributed by atoms with Crippen molar-refractivity contribution in [3.63, 3.8) is 0 Å². The molecule has 2 aliphatic heterocycles. The second-order valence-electron chi connectivity index (χ2n) is 10.8. The highest BCUT2D eigenvalue weighted by Gasteiger charge is 2.47. The first-order valence-corrected chi connectivity index (χ1v) is 15.4. The molecule has 1 aromatic carbocycles. The minimum atomic E-state index is -0.920. The zero-order valence-electron chi connectivity index (χ0n) is 23.3. The Balaban J connectivity index is 1.45. The van der Waals surface area contributed by atoms with Crippen molar-refractivity contribution in [1.29, 1.82) is 0 Å². The molecule has 0 saturated carbocycles. The summed E-state index contributed by atoms with van der Waals surface area (Å²) in [4.78, 5) is 23.5. The normalized spacial score (nSPS) is 21.0. The van der Waals surface area contributed by atoms with Crippen LogP contribution in [0.3, 0.4) is 0 Å². The third-order valence-electron chi connectivity index (χ3n) is 7.97. The van der Waals surface area contributed by atoms with Crippen LogP contribution in [-0.2, 0) is 18.5 Å². The van der Waals surface area contributed by atoms with Gasteiger partial charge in [-0.1, -0.05) is 68.3 Å². The number of nitrogens with zero attached hydrogens (tertiary/aromatic N) is 6. The van der Waals surface area contributed by atoms with Crippen molar-refractivity contribution >= 4 is 37.4 Å². The van der Waals surface area contributed by atoms with E-state index in [1.54, 1.807) is 26.6 Å². The molecule has 0 spiro atoms. The van der Waals surface area contributed by atoms with Crippen LogP contribution in [0.2, 0.25) is 0 Å². The van der Waals surface area contributed by atoms with Crippen molar-refractivity contribution in [1.82, 2.24) is 29.7 Å². The number of benzene rings is 1. The van der Waals surface area contributed by atoms with Crippen LogP contribution in [0.1, 0.15) is 28.3 Å². The maximum atomic E-state index is 9.74. The molecule has 6 rings (SSSR count). The number of alkyl halides is 1. The Hall–Kier alpha value is -2.74. The summed E-state index contributed by atoms with van der Waals surface area (Å²) in [5.74, 6) is 0.845. The van der Waals surface area contributed by atoms with Gasteiger partial charge in [0.2, 0.25) is 11.8 Å². The standard InChI is InChI=1S/C30H32Br2N6O4/c1-41-28-23(16-37-12-18(39)13-37)33-10-25(35-28)30(9-5-7-21(27(30)32)20-6-3-4-8-22(20)31)26-11-34-24(29(36-26)42-2)17-38-14-19(40)15-38/h3-11,18-19,27,39-40H,12-17H2,1-2H3. The number of aliphatic hydroxyl groups is 2. The lowest BCUT2D eigenvalue weighted by Crippen LogP contribution is -2.50. The highest BCUT2D eigenvalue weighted by Crippen LogP contribution is 2.48. The number of ether oxygens (including phenoxy) is 2. The Morgan fingerprint density at radius 3 is 1.88 bits per heavy atom. The number of likely N-dealkylation sites (tertiary alicyclic amines) is 2. The Labute approximate surface area is 261 Å². The molecule has 0 amide bonds. The number of allylic oxidation sites excluding steroid dienone is 4. The second-order valence-corrected chi connectivity index (χ2v) is 12.6. The lowest BCUT2D eigenvalue weighted by Gasteiger charge is -2.39. The number of β-amino-alcohol motifs (C(OH)–C–C–N with tert-alkyl or cyclic N) is 2. The van der Waals surface area contributed by atoms with Crippen LogP contribution >= 0.6 is 31.9 Å². The number of hydrogen-bond acceptors (Lipinski definition) is 10. The van der Waals surface area contributed by atoms with E-state index in [0.29, 0.717) is 73.8 Å². The molecule has 12 heteroatoms. The predicted octanol–water partition coefficient (Wildman–Crippen LogP) is 3.10. The molecule has 0 bridgehead atoms. The summed E-state index contributed by atoms with van der Waals surface area (Å²) in [5, 5.41) is 19.5. The van der Waals surface area contributed by atoms with Gasteiger partial charge in [0.15, 0.2) is 0 Å². The summed E-state index contributed by atoms with van der Waals surface area (Å²) >= 11 is 7.78. The van der Waals surface area contributed by atoms with Crippen molar-refractivity contribution in [2.45, 2.75) is 35.5 Å². The van der Waals surface area contributed by atoms with E-state index in [9.17, 15) is 10.2 Å². The van der Waals surface area contributed by atoms with Crippen LogP contribution < -0.4 is 9.47 Å². The van der Waals surface area contributed by atoms with Gasteiger partial charge in [0.1, 0.15) is 11.4 Å².